The number of hydrogen-bond acceptors (Lipinski definition) is 2. The molecule has 0 bridgehead atoms. The van der Waals surface area contributed by atoms with Crippen LogP contribution in [-0.2, 0) is 4.89 Å². The van der Waals surface area contributed by atoms with E-state index in [1.807, 2.05) is 0 Å². The number of fused-ring (bicyclic) bond motifs is 1. The fourth-order valence-electron chi connectivity index (χ4n) is 1.72. The maximum absolute atomic E-state index is 12.8. The summed E-state index contributed by atoms with van der Waals surface area (Å²) in [6.07, 6.45) is -2.22. The molecule has 0 aromatic heterocycles. The Hall–Kier alpha value is -2.37. The standard InChI is InChI=1S/C7H2F4O2.C6H2BF5/c8-2-1-3-4(6(10)5(2)9)7(11)13-12-3;7-1-2(8)4(10)6(12)5(11)3(1)9/h1,7H;7H2. The molecular formula is C13H4BF9O2. The average Bonchev–Trinajstić information content (AvgIpc) is 2.95. The molecule has 0 amide bonds. The van der Waals surface area contributed by atoms with Gasteiger partial charge in [0.1, 0.15) is 13.4 Å². The molecular weight excluding hydrogens is 370 g/mol. The molecule has 0 spiro atoms. The van der Waals surface area contributed by atoms with Crippen LogP contribution in [-0.4, -0.2) is 7.85 Å². The third-order valence-corrected chi connectivity index (χ3v) is 3.04. The Balaban J connectivity index is 0.000000181. The molecule has 1 atom stereocenters. The van der Waals surface area contributed by atoms with Gasteiger partial charge in [-0.3, -0.25) is 0 Å². The van der Waals surface area contributed by atoms with Crippen molar-refractivity contribution in [3.05, 3.63) is 58.2 Å². The Morgan fingerprint density at radius 1 is 0.720 bits per heavy atom. The number of hydrogen-bond donors (Lipinski definition) is 0. The summed E-state index contributed by atoms with van der Waals surface area (Å²) in [5, 5.41) is 0. The van der Waals surface area contributed by atoms with Crippen molar-refractivity contribution in [2.45, 2.75) is 6.36 Å². The molecule has 0 aliphatic carbocycles. The number of benzene rings is 2. The molecule has 0 fully saturated rings. The summed E-state index contributed by atoms with van der Waals surface area (Å²) in [5.41, 5.74) is -1.62. The summed E-state index contributed by atoms with van der Waals surface area (Å²) < 4.78 is 112. The van der Waals surface area contributed by atoms with Gasteiger partial charge in [-0.25, -0.2) is 39.5 Å². The highest BCUT2D eigenvalue weighted by atomic mass is 19.2. The van der Waals surface area contributed by atoms with Crippen molar-refractivity contribution < 1.29 is 49.3 Å². The first-order chi connectivity index (χ1) is 11.6. The molecule has 0 saturated heterocycles. The predicted octanol–water partition coefficient (Wildman–Crippen LogP) is 3.04. The molecule has 134 valence electrons. The Bertz CT molecular complexity index is 738. The van der Waals surface area contributed by atoms with Crippen molar-refractivity contribution in [3.63, 3.8) is 0 Å². The van der Waals surface area contributed by atoms with Crippen molar-refractivity contribution in [1.82, 2.24) is 0 Å². The van der Waals surface area contributed by atoms with Gasteiger partial charge in [-0.05, 0) is 5.46 Å². The lowest BCUT2D eigenvalue weighted by atomic mass is 9.94. The summed E-state index contributed by atoms with van der Waals surface area (Å²) in [6, 6.07) is 0.521. The van der Waals surface area contributed by atoms with Gasteiger partial charge in [0.15, 0.2) is 52.3 Å². The third-order valence-electron chi connectivity index (χ3n) is 3.04. The van der Waals surface area contributed by atoms with Gasteiger partial charge in [-0.2, -0.15) is 0 Å². The molecule has 2 nitrogen and oxygen atoms in total. The minimum absolute atomic E-state index is 0.483. The van der Waals surface area contributed by atoms with Gasteiger partial charge in [0.2, 0.25) is 0 Å². The van der Waals surface area contributed by atoms with Crippen LogP contribution in [0.15, 0.2) is 6.07 Å². The van der Waals surface area contributed by atoms with Crippen molar-refractivity contribution >= 4 is 13.3 Å². The van der Waals surface area contributed by atoms with Crippen LogP contribution in [0.25, 0.3) is 0 Å². The van der Waals surface area contributed by atoms with Crippen LogP contribution in [0.2, 0.25) is 0 Å². The van der Waals surface area contributed by atoms with Crippen LogP contribution in [0.3, 0.4) is 0 Å². The lowest BCUT2D eigenvalue weighted by Gasteiger charge is -2.02. The SMILES string of the molecule is Bc1c(F)c(F)c(F)c(F)c1F.Fc1cc2c(c(F)c1F)C(F)OO2. The largest absolute Gasteiger partial charge is 0.333 e. The lowest BCUT2D eigenvalue weighted by Crippen LogP contribution is -2.20. The normalized spacial score (nSPS) is 15.3. The number of alkyl halides is 1. The molecule has 1 unspecified atom stereocenters. The Kier molecular flexibility index (Phi) is 5.21. The second-order valence-electron chi connectivity index (χ2n) is 4.59. The average molecular weight is 374 g/mol. The van der Waals surface area contributed by atoms with E-state index in [-0.39, 0.29) is 0 Å². The first kappa shape index (κ1) is 19.0. The van der Waals surface area contributed by atoms with E-state index in [2.05, 4.69) is 9.78 Å². The Morgan fingerprint density at radius 3 is 1.72 bits per heavy atom. The van der Waals surface area contributed by atoms with Crippen LogP contribution in [0.1, 0.15) is 11.9 Å². The van der Waals surface area contributed by atoms with E-state index in [0.29, 0.717) is 6.07 Å². The van der Waals surface area contributed by atoms with E-state index in [9.17, 15) is 39.5 Å². The van der Waals surface area contributed by atoms with Crippen LogP contribution < -0.4 is 10.4 Å². The fraction of sp³-hybridized carbons (Fsp3) is 0.0769. The monoisotopic (exact) mass is 374 g/mol. The summed E-state index contributed by atoms with van der Waals surface area (Å²) in [5.74, 6) is -14.8. The summed E-state index contributed by atoms with van der Waals surface area (Å²) in [6.45, 7) is 0. The highest BCUT2D eigenvalue weighted by Gasteiger charge is 2.33. The van der Waals surface area contributed by atoms with Crippen molar-refractivity contribution in [3.8, 4) is 5.75 Å². The smallest absolute Gasteiger partial charge is 0.274 e. The first-order valence-electron chi connectivity index (χ1n) is 6.20. The molecule has 0 saturated carbocycles. The quantitative estimate of drug-likeness (QED) is 0.232. The van der Waals surface area contributed by atoms with Gasteiger partial charge in [0.05, 0.1) is 0 Å². The van der Waals surface area contributed by atoms with E-state index >= 15 is 0 Å². The van der Waals surface area contributed by atoms with E-state index in [1.165, 1.54) is 0 Å². The van der Waals surface area contributed by atoms with Crippen LogP contribution in [0, 0.1) is 46.5 Å². The zero-order valence-corrected chi connectivity index (χ0v) is 11.9. The van der Waals surface area contributed by atoms with Gasteiger partial charge < -0.3 is 4.89 Å². The zero-order valence-electron chi connectivity index (χ0n) is 11.9. The first-order valence-corrected chi connectivity index (χ1v) is 6.20. The number of halogens is 9. The predicted molar refractivity (Wildman–Crippen MR) is 66.3 cm³/mol. The Morgan fingerprint density at radius 2 is 1.20 bits per heavy atom. The molecule has 0 N–H and O–H groups in total. The molecule has 1 aliphatic heterocycles. The molecule has 2 aromatic carbocycles. The second-order valence-corrected chi connectivity index (χ2v) is 4.59. The fourth-order valence-corrected chi connectivity index (χ4v) is 1.72. The molecule has 1 aliphatic rings. The van der Waals surface area contributed by atoms with E-state index in [4.69, 9.17) is 0 Å². The van der Waals surface area contributed by atoms with Crippen molar-refractivity contribution in [1.29, 1.82) is 0 Å². The van der Waals surface area contributed by atoms with Gasteiger partial charge >= 0.3 is 0 Å². The molecule has 1 heterocycles. The van der Waals surface area contributed by atoms with Crippen LogP contribution in [0.4, 0.5) is 39.5 Å². The van der Waals surface area contributed by atoms with Gasteiger partial charge in [0.25, 0.3) is 6.36 Å². The molecule has 0 radical (unpaired) electrons. The van der Waals surface area contributed by atoms with Gasteiger partial charge in [-0.1, -0.05) is 0 Å². The molecule has 25 heavy (non-hydrogen) atoms. The Labute approximate surface area is 134 Å². The highest BCUT2D eigenvalue weighted by molar-refractivity contribution is 6.32. The topological polar surface area (TPSA) is 18.5 Å². The summed E-state index contributed by atoms with van der Waals surface area (Å²) in [4.78, 5) is 7.98. The van der Waals surface area contributed by atoms with Crippen LogP contribution >= 0.6 is 0 Å². The minimum atomic E-state index is -2.22. The zero-order chi connectivity index (χ0) is 19.0. The lowest BCUT2D eigenvalue weighted by molar-refractivity contribution is -0.261. The van der Waals surface area contributed by atoms with Gasteiger partial charge in [0, 0.05) is 6.07 Å². The highest BCUT2D eigenvalue weighted by Crippen LogP contribution is 2.39. The molecule has 3 rings (SSSR count). The minimum Gasteiger partial charge on any atom is -0.333 e. The van der Waals surface area contributed by atoms with Gasteiger partial charge in [-0.15, -0.1) is 4.89 Å². The summed E-state index contributed by atoms with van der Waals surface area (Å²) >= 11 is 0. The summed E-state index contributed by atoms with van der Waals surface area (Å²) in [7, 11) is 0.816. The maximum atomic E-state index is 12.8. The molecule has 12 heteroatoms. The van der Waals surface area contributed by atoms with Crippen molar-refractivity contribution in [2.24, 2.45) is 0 Å². The van der Waals surface area contributed by atoms with Crippen molar-refractivity contribution in [2.75, 3.05) is 0 Å². The maximum Gasteiger partial charge on any atom is 0.274 e. The van der Waals surface area contributed by atoms with Crippen LogP contribution in [0.5, 0.6) is 5.75 Å². The van der Waals surface area contributed by atoms with E-state index in [1.54, 1.807) is 0 Å². The molecule has 2 aromatic rings. The number of rotatable bonds is 0. The second kappa shape index (κ2) is 6.86. The van der Waals surface area contributed by atoms with E-state index < -0.39 is 69.7 Å². The third kappa shape index (κ3) is 3.25. The van der Waals surface area contributed by atoms with E-state index in [0.717, 1.165) is 7.85 Å².